The van der Waals surface area contributed by atoms with E-state index in [0.29, 0.717) is 0 Å². The van der Waals surface area contributed by atoms with Crippen molar-refractivity contribution in [1.29, 1.82) is 0 Å². The van der Waals surface area contributed by atoms with Crippen LogP contribution in [0.5, 0.6) is 0 Å². The standard InChI is InChI=1S/C10H14F4O/c1-3-15-6(2)8-4-7(8)5-9(11,12)10(8,13)14/h6-7H,3-5H2,1-2H3/t6-,7-,8?/m1/s1. The van der Waals surface area contributed by atoms with E-state index in [9.17, 15) is 17.6 Å². The zero-order valence-corrected chi connectivity index (χ0v) is 8.70. The lowest BCUT2D eigenvalue weighted by atomic mass is 9.92. The third-order valence-corrected chi connectivity index (χ3v) is 3.84. The van der Waals surface area contributed by atoms with Crippen LogP contribution in [0.2, 0.25) is 0 Å². The Morgan fingerprint density at radius 2 is 1.87 bits per heavy atom. The van der Waals surface area contributed by atoms with Crippen LogP contribution in [0.25, 0.3) is 0 Å². The highest BCUT2D eigenvalue weighted by molar-refractivity contribution is 5.24. The third-order valence-electron chi connectivity index (χ3n) is 3.84. The Balaban J connectivity index is 2.26. The molecule has 0 spiro atoms. The van der Waals surface area contributed by atoms with Gasteiger partial charge in [0.05, 0.1) is 11.5 Å². The van der Waals surface area contributed by atoms with E-state index in [2.05, 4.69) is 0 Å². The Labute approximate surface area is 85.8 Å². The summed E-state index contributed by atoms with van der Waals surface area (Å²) in [5.74, 6) is -8.36. The summed E-state index contributed by atoms with van der Waals surface area (Å²) in [5, 5.41) is 0. The van der Waals surface area contributed by atoms with Gasteiger partial charge in [0.15, 0.2) is 0 Å². The zero-order valence-electron chi connectivity index (χ0n) is 8.70. The summed E-state index contributed by atoms with van der Waals surface area (Å²) >= 11 is 0. The number of halogens is 4. The molecular weight excluding hydrogens is 212 g/mol. The van der Waals surface area contributed by atoms with E-state index >= 15 is 0 Å². The monoisotopic (exact) mass is 226 g/mol. The Morgan fingerprint density at radius 1 is 1.27 bits per heavy atom. The first kappa shape index (κ1) is 11.2. The molecule has 5 heteroatoms. The van der Waals surface area contributed by atoms with Crippen molar-refractivity contribution in [3.05, 3.63) is 0 Å². The zero-order chi connectivity index (χ0) is 11.5. The molecule has 0 aliphatic heterocycles. The normalized spacial score (nSPS) is 42.4. The van der Waals surface area contributed by atoms with E-state index in [0.717, 1.165) is 0 Å². The van der Waals surface area contributed by atoms with Gasteiger partial charge in [0.1, 0.15) is 0 Å². The summed E-state index contributed by atoms with van der Waals surface area (Å²) in [6.07, 6.45) is -1.33. The van der Waals surface area contributed by atoms with Crippen molar-refractivity contribution in [2.75, 3.05) is 6.61 Å². The van der Waals surface area contributed by atoms with Crippen LogP contribution in [-0.4, -0.2) is 24.6 Å². The van der Waals surface area contributed by atoms with Crippen LogP contribution in [0, 0.1) is 11.3 Å². The van der Waals surface area contributed by atoms with E-state index in [1.807, 2.05) is 0 Å². The molecular formula is C10H14F4O. The molecule has 2 aliphatic carbocycles. The van der Waals surface area contributed by atoms with Crippen LogP contribution in [-0.2, 0) is 4.74 Å². The number of rotatable bonds is 3. The molecule has 0 aromatic rings. The minimum atomic E-state index is -3.92. The van der Waals surface area contributed by atoms with Gasteiger partial charge in [0.25, 0.3) is 0 Å². The molecule has 0 bridgehead atoms. The highest BCUT2D eigenvalue weighted by Crippen LogP contribution is 2.76. The van der Waals surface area contributed by atoms with Gasteiger partial charge < -0.3 is 4.74 Å². The molecule has 0 aromatic carbocycles. The van der Waals surface area contributed by atoms with Gasteiger partial charge in [-0.05, 0) is 26.2 Å². The number of hydrogen-bond acceptors (Lipinski definition) is 1. The van der Waals surface area contributed by atoms with Crippen LogP contribution >= 0.6 is 0 Å². The summed E-state index contributed by atoms with van der Waals surface area (Å²) in [6.45, 7) is 3.42. The second-order valence-electron chi connectivity index (χ2n) is 4.52. The van der Waals surface area contributed by atoms with Crippen molar-refractivity contribution >= 4 is 0 Å². The Kier molecular flexibility index (Phi) is 2.14. The fourth-order valence-electron chi connectivity index (χ4n) is 2.92. The summed E-state index contributed by atoms with van der Waals surface area (Å²) in [6, 6.07) is 0. The van der Waals surface area contributed by atoms with Gasteiger partial charge in [-0.3, -0.25) is 0 Å². The SMILES string of the molecule is CCO[C@H](C)C12C[C@@H]1CC(F)(F)C2(F)F. The summed E-state index contributed by atoms with van der Waals surface area (Å²) in [7, 11) is 0. The lowest BCUT2D eigenvalue weighted by Crippen LogP contribution is -2.48. The molecule has 0 aromatic heterocycles. The van der Waals surface area contributed by atoms with Crippen molar-refractivity contribution in [1.82, 2.24) is 0 Å². The fraction of sp³-hybridized carbons (Fsp3) is 1.00. The molecule has 0 amide bonds. The molecule has 0 saturated heterocycles. The molecule has 15 heavy (non-hydrogen) atoms. The second kappa shape index (κ2) is 2.87. The number of ether oxygens (including phenoxy) is 1. The first-order valence-corrected chi connectivity index (χ1v) is 5.17. The van der Waals surface area contributed by atoms with Gasteiger partial charge in [-0.15, -0.1) is 0 Å². The van der Waals surface area contributed by atoms with Crippen molar-refractivity contribution in [3.63, 3.8) is 0 Å². The van der Waals surface area contributed by atoms with Crippen molar-refractivity contribution in [3.8, 4) is 0 Å². The van der Waals surface area contributed by atoms with E-state index in [1.54, 1.807) is 6.92 Å². The second-order valence-corrected chi connectivity index (χ2v) is 4.52. The lowest BCUT2D eigenvalue weighted by molar-refractivity contribution is -0.240. The van der Waals surface area contributed by atoms with Gasteiger partial charge >= 0.3 is 11.8 Å². The van der Waals surface area contributed by atoms with Gasteiger partial charge in [0.2, 0.25) is 0 Å². The lowest BCUT2D eigenvalue weighted by Gasteiger charge is -2.32. The first-order valence-electron chi connectivity index (χ1n) is 5.17. The minimum Gasteiger partial charge on any atom is -0.378 e. The average Bonchev–Trinajstić information content (AvgIpc) is 2.75. The molecule has 2 fully saturated rings. The fourth-order valence-corrected chi connectivity index (χ4v) is 2.92. The summed E-state index contributed by atoms with van der Waals surface area (Å²) in [5.41, 5.74) is -1.60. The Hall–Kier alpha value is -0.320. The molecule has 2 saturated carbocycles. The van der Waals surface area contributed by atoms with E-state index < -0.39 is 35.7 Å². The third kappa shape index (κ3) is 1.13. The molecule has 0 heterocycles. The maximum Gasteiger partial charge on any atom is 0.318 e. The van der Waals surface area contributed by atoms with Crippen LogP contribution in [0.3, 0.4) is 0 Å². The van der Waals surface area contributed by atoms with Gasteiger partial charge in [-0.1, -0.05) is 0 Å². The highest BCUT2D eigenvalue weighted by Gasteiger charge is 2.86. The number of hydrogen-bond donors (Lipinski definition) is 0. The number of alkyl halides is 4. The summed E-state index contributed by atoms with van der Waals surface area (Å²) in [4.78, 5) is 0. The highest BCUT2D eigenvalue weighted by atomic mass is 19.3. The van der Waals surface area contributed by atoms with Crippen molar-refractivity contribution in [2.45, 2.75) is 44.6 Å². The molecule has 1 unspecified atom stereocenters. The maximum atomic E-state index is 13.6. The predicted molar refractivity (Wildman–Crippen MR) is 46.1 cm³/mol. The minimum absolute atomic E-state index is 0.163. The van der Waals surface area contributed by atoms with Crippen molar-refractivity contribution < 1.29 is 22.3 Å². The molecule has 2 rings (SSSR count). The molecule has 0 radical (unpaired) electrons. The first-order chi connectivity index (χ1) is 6.79. The Morgan fingerprint density at radius 3 is 2.27 bits per heavy atom. The van der Waals surface area contributed by atoms with Crippen LogP contribution in [0.4, 0.5) is 17.6 Å². The van der Waals surface area contributed by atoms with E-state index in [-0.39, 0.29) is 13.0 Å². The average molecular weight is 226 g/mol. The maximum absolute atomic E-state index is 13.6. The van der Waals surface area contributed by atoms with Crippen LogP contribution < -0.4 is 0 Å². The van der Waals surface area contributed by atoms with Gasteiger partial charge in [-0.25, -0.2) is 0 Å². The van der Waals surface area contributed by atoms with Gasteiger partial charge in [0, 0.05) is 13.0 Å². The van der Waals surface area contributed by atoms with Crippen LogP contribution in [0.1, 0.15) is 26.7 Å². The van der Waals surface area contributed by atoms with Crippen LogP contribution in [0.15, 0.2) is 0 Å². The number of fused-ring (bicyclic) bond motifs is 1. The molecule has 2 aliphatic rings. The smallest absolute Gasteiger partial charge is 0.318 e. The molecule has 3 atom stereocenters. The quantitative estimate of drug-likeness (QED) is 0.672. The van der Waals surface area contributed by atoms with Gasteiger partial charge in [-0.2, -0.15) is 17.6 Å². The molecule has 1 nitrogen and oxygen atoms in total. The largest absolute Gasteiger partial charge is 0.378 e. The van der Waals surface area contributed by atoms with E-state index in [1.165, 1.54) is 6.92 Å². The topological polar surface area (TPSA) is 9.23 Å². The molecule has 88 valence electrons. The predicted octanol–water partition coefficient (Wildman–Crippen LogP) is 3.09. The summed E-state index contributed by atoms with van der Waals surface area (Å²) < 4.78 is 58.3. The Bertz CT molecular complexity index is 279. The van der Waals surface area contributed by atoms with E-state index in [4.69, 9.17) is 4.74 Å². The van der Waals surface area contributed by atoms with Crippen molar-refractivity contribution in [2.24, 2.45) is 11.3 Å². The molecule has 0 N–H and O–H groups in total.